The van der Waals surface area contributed by atoms with Gasteiger partial charge < -0.3 is 4.74 Å². The maximum atomic E-state index is 12.3. The Morgan fingerprint density at radius 1 is 1.10 bits per heavy atom. The zero-order valence-electron chi connectivity index (χ0n) is 15.4. The molecule has 146 valence electrons. The van der Waals surface area contributed by atoms with Crippen LogP contribution in [0.2, 0.25) is 0 Å². The van der Waals surface area contributed by atoms with Gasteiger partial charge in [0, 0.05) is 39.8 Å². The van der Waals surface area contributed by atoms with Crippen LogP contribution in [0.5, 0.6) is 0 Å². The fourth-order valence-electron chi connectivity index (χ4n) is 2.94. The zero-order valence-corrected chi connectivity index (χ0v) is 17.8. The lowest BCUT2D eigenvalue weighted by Gasteiger charge is -2.07. The van der Waals surface area contributed by atoms with Gasteiger partial charge in [-0.25, -0.2) is 9.97 Å². The molecule has 0 N–H and O–H groups in total. The minimum Gasteiger partial charge on any atom is -0.452 e. The van der Waals surface area contributed by atoms with Crippen LogP contribution in [0.25, 0.3) is 28.3 Å². The van der Waals surface area contributed by atoms with Crippen LogP contribution in [0.15, 0.2) is 76.4 Å². The van der Waals surface area contributed by atoms with Crippen LogP contribution in [0.3, 0.4) is 0 Å². The predicted octanol–water partition coefficient (Wildman–Crippen LogP) is 4.45. The average molecular weight is 470 g/mol. The number of carbonyl (C=O) groups excluding carboxylic acids is 1. The van der Waals surface area contributed by atoms with E-state index < -0.39 is 16.8 Å². The maximum Gasteiger partial charge on any atom is 0.303 e. The number of aromatic nitrogens is 3. The summed E-state index contributed by atoms with van der Waals surface area (Å²) in [4.78, 5) is 20.6. The fraction of sp³-hybridized carbons (Fsp3) is 0.0952. The number of fused-ring (bicyclic) bond motifs is 1. The van der Waals surface area contributed by atoms with E-state index in [9.17, 15) is 9.00 Å². The number of hydrogen-bond donors (Lipinski definition) is 0. The Hall–Kier alpha value is -2.84. The summed E-state index contributed by atoms with van der Waals surface area (Å²) < 4.78 is 20.0. The Kier molecular flexibility index (Phi) is 5.55. The minimum atomic E-state index is -1.41. The van der Waals surface area contributed by atoms with Gasteiger partial charge in [-0.05, 0) is 30.3 Å². The van der Waals surface area contributed by atoms with Crippen LogP contribution in [0, 0.1) is 0 Å². The third kappa shape index (κ3) is 4.13. The summed E-state index contributed by atoms with van der Waals surface area (Å²) in [6.07, 6.45) is 3.64. The Morgan fingerprint density at radius 2 is 1.79 bits per heavy atom. The van der Waals surface area contributed by atoms with E-state index in [2.05, 4.69) is 20.9 Å². The molecule has 29 heavy (non-hydrogen) atoms. The van der Waals surface area contributed by atoms with E-state index >= 15 is 0 Å². The van der Waals surface area contributed by atoms with Crippen LogP contribution < -0.4 is 0 Å². The standard InChI is InChI=1S/C21H16BrN3O3S/c1-14(26)28-13-29(27)18-9-5-15(6-10-18)19-20(16-3-7-17(22)8-4-16)25-12-2-11-23-21(25)24-19/h2-12H,13H2,1H3. The molecule has 2 heterocycles. The Bertz CT molecular complexity index is 1200. The number of imidazole rings is 1. The number of hydrogen-bond acceptors (Lipinski definition) is 5. The molecule has 8 heteroatoms. The summed E-state index contributed by atoms with van der Waals surface area (Å²) in [6, 6.07) is 17.1. The predicted molar refractivity (Wildman–Crippen MR) is 115 cm³/mol. The number of halogens is 1. The molecule has 0 saturated carbocycles. The molecule has 4 rings (SSSR count). The lowest BCUT2D eigenvalue weighted by Crippen LogP contribution is -2.06. The van der Waals surface area contributed by atoms with Gasteiger partial charge in [0.05, 0.1) is 22.2 Å². The van der Waals surface area contributed by atoms with Crippen molar-refractivity contribution < 1.29 is 13.7 Å². The molecule has 0 aliphatic heterocycles. The second kappa shape index (κ2) is 8.26. The molecule has 6 nitrogen and oxygen atoms in total. The van der Waals surface area contributed by atoms with Gasteiger partial charge in [-0.3, -0.25) is 13.4 Å². The highest BCUT2D eigenvalue weighted by molar-refractivity contribution is 9.10. The quantitative estimate of drug-likeness (QED) is 0.403. The number of nitrogens with zero attached hydrogens (tertiary/aromatic N) is 3. The molecule has 0 bridgehead atoms. The molecular weight excluding hydrogens is 454 g/mol. The van der Waals surface area contributed by atoms with Crippen molar-refractivity contribution in [3.63, 3.8) is 0 Å². The molecular formula is C21H16BrN3O3S. The van der Waals surface area contributed by atoms with Gasteiger partial charge >= 0.3 is 5.97 Å². The Labute approximate surface area is 178 Å². The van der Waals surface area contributed by atoms with Crippen LogP contribution >= 0.6 is 15.9 Å². The highest BCUT2D eigenvalue weighted by Crippen LogP contribution is 2.33. The zero-order chi connectivity index (χ0) is 20.4. The molecule has 0 saturated heterocycles. The van der Waals surface area contributed by atoms with Crippen LogP contribution in [0.4, 0.5) is 0 Å². The monoisotopic (exact) mass is 469 g/mol. The van der Waals surface area contributed by atoms with Gasteiger partial charge in [0.1, 0.15) is 0 Å². The second-order valence-corrected chi connectivity index (χ2v) is 8.54. The summed E-state index contributed by atoms with van der Waals surface area (Å²) in [5.74, 6) is -0.00820. The van der Waals surface area contributed by atoms with Gasteiger partial charge in [-0.1, -0.05) is 40.2 Å². The third-order valence-electron chi connectivity index (χ3n) is 4.28. The van der Waals surface area contributed by atoms with Crippen LogP contribution in [-0.2, 0) is 20.3 Å². The van der Waals surface area contributed by atoms with Gasteiger partial charge in [-0.15, -0.1) is 0 Å². The van der Waals surface area contributed by atoms with Crippen molar-refractivity contribution in [3.05, 3.63) is 71.5 Å². The van der Waals surface area contributed by atoms with E-state index in [-0.39, 0.29) is 5.94 Å². The van der Waals surface area contributed by atoms with Crippen molar-refractivity contribution in [2.75, 3.05) is 5.94 Å². The van der Waals surface area contributed by atoms with E-state index in [4.69, 9.17) is 9.72 Å². The van der Waals surface area contributed by atoms with E-state index in [1.54, 1.807) is 18.3 Å². The molecule has 0 aliphatic rings. The molecule has 1 unspecified atom stereocenters. The SMILES string of the molecule is CC(=O)OCS(=O)c1ccc(-c2nc3ncccn3c2-c2ccc(Br)cc2)cc1. The van der Waals surface area contributed by atoms with Gasteiger partial charge in [-0.2, -0.15) is 0 Å². The van der Waals surface area contributed by atoms with Crippen LogP contribution in [-0.4, -0.2) is 30.5 Å². The molecule has 2 aromatic heterocycles. The van der Waals surface area contributed by atoms with Crippen molar-refractivity contribution in [2.24, 2.45) is 0 Å². The van der Waals surface area contributed by atoms with E-state index in [0.29, 0.717) is 10.7 Å². The van der Waals surface area contributed by atoms with E-state index in [0.717, 1.165) is 27.0 Å². The highest BCUT2D eigenvalue weighted by Gasteiger charge is 2.17. The summed E-state index contributed by atoms with van der Waals surface area (Å²) in [5.41, 5.74) is 3.59. The molecule has 1 atom stereocenters. The summed E-state index contributed by atoms with van der Waals surface area (Å²) >= 11 is 3.47. The normalized spacial score (nSPS) is 12.1. The van der Waals surface area contributed by atoms with Crippen molar-refractivity contribution in [2.45, 2.75) is 11.8 Å². The highest BCUT2D eigenvalue weighted by atomic mass is 79.9. The summed E-state index contributed by atoms with van der Waals surface area (Å²) in [6.45, 7) is 1.29. The van der Waals surface area contributed by atoms with Gasteiger partial charge in [0.25, 0.3) is 0 Å². The smallest absolute Gasteiger partial charge is 0.303 e. The first kappa shape index (κ1) is 19.5. The van der Waals surface area contributed by atoms with Crippen molar-refractivity contribution in [1.29, 1.82) is 0 Å². The van der Waals surface area contributed by atoms with Gasteiger partial charge in [0.2, 0.25) is 5.78 Å². The van der Waals surface area contributed by atoms with Crippen LogP contribution in [0.1, 0.15) is 6.92 Å². The maximum absolute atomic E-state index is 12.3. The van der Waals surface area contributed by atoms with Crippen molar-refractivity contribution in [1.82, 2.24) is 14.4 Å². The molecule has 0 fully saturated rings. The first-order valence-electron chi connectivity index (χ1n) is 8.74. The summed E-state index contributed by atoms with van der Waals surface area (Å²) in [5, 5.41) is 0. The lowest BCUT2D eigenvalue weighted by atomic mass is 10.1. The number of benzene rings is 2. The van der Waals surface area contributed by atoms with Crippen molar-refractivity contribution >= 4 is 38.5 Å². The largest absolute Gasteiger partial charge is 0.452 e. The number of carbonyl (C=O) groups is 1. The number of rotatable bonds is 5. The molecule has 0 amide bonds. The fourth-order valence-corrected chi connectivity index (χ4v) is 4.05. The van der Waals surface area contributed by atoms with E-state index in [1.165, 1.54) is 6.92 Å². The Balaban J connectivity index is 1.76. The first-order chi connectivity index (χ1) is 14.0. The lowest BCUT2D eigenvalue weighted by molar-refractivity contribution is -0.138. The molecule has 0 aliphatic carbocycles. The Morgan fingerprint density at radius 3 is 2.48 bits per heavy atom. The summed E-state index contributed by atoms with van der Waals surface area (Å²) in [7, 11) is -1.41. The average Bonchev–Trinajstić information content (AvgIpc) is 3.12. The molecule has 2 aromatic carbocycles. The minimum absolute atomic E-state index is 0.156. The van der Waals surface area contributed by atoms with Gasteiger partial charge in [0.15, 0.2) is 5.94 Å². The number of ether oxygens (including phenoxy) is 1. The molecule has 0 radical (unpaired) electrons. The molecule has 0 spiro atoms. The molecule has 4 aromatic rings. The second-order valence-electron chi connectivity index (χ2n) is 6.23. The first-order valence-corrected chi connectivity index (χ1v) is 10.9. The topological polar surface area (TPSA) is 73.6 Å². The van der Waals surface area contributed by atoms with E-state index in [1.807, 2.05) is 53.1 Å². The van der Waals surface area contributed by atoms with Crippen molar-refractivity contribution in [3.8, 4) is 22.5 Å². The third-order valence-corrected chi connectivity index (χ3v) is 5.94. The number of esters is 1.